The molecule has 1 aromatic carbocycles. The lowest BCUT2D eigenvalue weighted by Crippen LogP contribution is -2.20. The highest BCUT2D eigenvalue weighted by Gasteiger charge is 2.13. The minimum atomic E-state index is 0.0521. The van der Waals surface area contributed by atoms with Crippen LogP contribution in [0.4, 0.5) is 0 Å². The van der Waals surface area contributed by atoms with Gasteiger partial charge in [0.15, 0.2) is 0 Å². The van der Waals surface area contributed by atoms with Crippen LogP contribution < -0.4 is 5.56 Å². The molecular weight excluding hydrogens is 286 g/mol. The molecule has 0 N–H and O–H groups in total. The summed E-state index contributed by atoms with van der Waals surface area (Å²) < 4.78 is 3.60. The largest absolute Gasteiger partial charge is 0.318 e. The van der Waals surface area contributed by atoms with Crippen molar-refractivity contribution in [1.29, 1.82) is 0 Å². The molecule has 4 nitrogen and oxygen atoms in total. The number of pyridine rings is 1. The van der Waals surface area contributed by atoms with E-state index in [1.807, 2.05) is 55.3 Å². The second-order valence-electron chi connectivity index (χ2n) is 6.00. The van der Waals surface area contributed by atoms with Crippen LogP contribution in [-0.2, 0) is 7.05 Å². The van der Waals surface area contributed by atoms with Gasteiger partial charge in [-0.05, 0) is 31.9 Å². The first-order chi connectivity index (χ1) is 11.0. The monoisotopic (exact) mass is 307 g/mol. The normalized spacial score (nSPS) is 12.3. The van der Waals surface area contributed by atoms with E-state index in [2.05, 4.69) is 24.2 Å². The Morgan fingerprint density at radius 2 is 1.74 bits per heavy atom. The van der Waals surface area contributed by atoms with E-state index >= 15 is 0 Å². The van der Waals surface area contributed by atoms with Gasteiger partial charge in [0.2, 0.25) is 0 Å². The van der Waals surface area contributed by atoms with E-state index < -0.39 is 0 Å². The zero-order chi connectivity index (χ0) is 16.6. The Hall–Kier alpha value is -2.62. The van der Waals surface area contributed by atoms with Crippen molar-refractivity contribution in [2.75, 3.05) is 0 Å². The van der Waals surface area contributed by atoms with E-state index in [9.17, 15) is 4.79 Å². The van der Waals surface area contributed by atoms with Crippen LogP contribution in [0.2, 0.25) is 0 Å². The second kappa shape index (κ2) is 5.88. The minimum Gasteiger partial charge on any atom is -0.318 e. The fraction of sp³-hybridized carbons (Fsp3) is 0.263. The molecule has 118 valence electrons. The number of aromatic nitrogens is 3. The van der Waals surface area contributed by atoms with Crippen molar-refractivity contribution in [2.45, 2.75) is 26.8 Å². The third-order valence-corrected chi connectivity index (χ3v) is 4.52. The summed E-state index contributed by atoms with van der Waals surface area (Å²) >= 11 is 0. The molecule has 23 heavy (non-hydrogen) atoms. The highest BCUT2D eigenvalue weighted by atomic mass is 16.1. The lowest BCUT2D eigenvalue weighted by molar-refractivity contribution is 0.565. The molecule has 0 fully saturated rings. The van der Waals surface area contributed by atoms with Gasteiger partial charge in [0.25, 0.3) is 5.56 Å². The third kappa shape index (κ3) is 2.72. The van der Waals surface area contributed by atoms with E-state index in [0.717, 1.165) is 22.3 Å². The van der Waals surface area contributed by atoms with E-state index in [1.165, 1.54) is 5.56 Å². The highest BCUT2D eigenvalue weighted by molar-refractivity contribution is 5.66. The van der Waals surface area contributed by atoms with Crippen LogP contribution >= 0.6 is 0 Å². The zero-order valence-electron chi connectivity index (χ0n) is 13.9. The molecular formula is C19H21N3O. The van der Waals surface area contributed by atoms with Crippen LogP contribution in [0, 0.1) is 13.8 Å². The van der Waals surface area contributed by atoms with E-state index in [-0.39, 0.29) is 11.6 Å². The van der Waals surface area contributed by atoms with Crippen molar-refractivity contribution in [2.24, 2.45) is 7.05 Å². The smallest absolute Gasteiger partial charge is 0.253 e. The SMILES string of the molecule is Cc1c(-c2cnn(C(C)c3ccccc3)c2)cn(C)c(=O)c1C. The number of hydrogen-bond acceptors (Lipinski definition) is 2. The van der Waals surface area contributed by atoms with Crippen molar-refractivity contribution >= 4 is 0 Å². The number of aryl methyl sites for hydroxylation is 1. The number of rotatable bonds is 3. The van der Waals surface area contributed by atoms with Gasteiger partial charge in [-0.15, -0.1) is 0 Å². The summed E-state index contributed by atoms with van der Waals surface area (Å²) in [5.74, 6) is 0. The van der Waals surface area contributed by atoms with Crippen LogP contribution in [0.5, 0.6) is 0 Å². The summed E-state index contributed by atoms with van der Waals surface area (Å²) in [6, 6.07) is 10.5. The van der Waals surface area contributed by atoms with Crippen molar-refractivity contribution in [3.05, 3.63) is 76.0 Å². The Kier molecular flexibility index (Phi) is 3.90. The fourth-order valence-electron chi connectivity index (χ4n) is 2.84. The molecule has 1 unspecified atom stereocenters. The van der Waals surface area contributed by atoms with Gasteiger partial charge in [-0.2, -0.15) is 5.10 Å². The Morgan fingerprint density at radius 3 is 2.43 bits per heavy atom. The standard InChI is InChI=1S/C19H21N3O/c1-13-14(2)19(23)21(4)12-18(13)17-10-20-22(11-17)15(3)16-8-6-5-7-9-16/h5-12,15H,1-4H3. The summed E-state index contributed by atoms with van der Waals surface area (Å²) in [6.45, 7) is 5.99. The minimum absolute atomic E-state index is 0.0521. The average molecular weight is 307 g/mol. The summed E-state index contributed by atoms with van der Waals surface area (Å²) in [7, 11) is 1.79. The first-order valence-corrected chi connectivity index (χ1v) is 7.75. The van der Waals surface area contributed by atoms with Crippen LogP contribution in [0.1, 0.15) is 29.7 Å². The molecule has 0 radical (unpaired) electrons. The van der Waals surface area contributed by atoms with Gasteiger partial charge in [0.05, 0.1) is 12.2 Å². The summed E-state index contributed by atoms with van der Waals surface area (Å²) in [4.78, 5) is 12.0. The predicted molar refractivity (Wildman–Crippen MR) is 92.6 cm³/mol. The second-order valence-corrected chi connectivity index (χ2v) is 6.00. The Labute approximate surface area is 136 Å². The van der Waals surface area contributed by atoms with Gasteiger partial charge in [0.1, 0.15) is 0 Å². The Balaban J connectivity index is 2.02. The first kappa shape index (κ1) is 15.3. The quantitative estimate of drug-likeness (QED) is 0.743. The van der Waals surface area contributed by atoms with Crippen LogP contribution in [0.15, 0.2) is 53.7 Å². The number of benzene rings is 1. The molecule has 0 aliphatic rings. The fourth-order valence-corrected chi connectivity index (χ4v) is 2.84. The molecule has 1 atom stereocenters. The van der Waals surface area contributed by atoms with Gasteiger partial charge >= 0.3 is 0 Å². The molecule has 4 heteroatoms. The molecule has 2 heterocycles. The molecule has 0 bridgehead atoms. The molecule has 0 spiro atoms. The molecule has 0 saturated heterocycles. The lowest BCUT2D eigenvalue weighted by atomic mass is 10.0. The third-order valence-electron chi connectivity index (χ3n) is 4.52. The Morgan fingerprint density at radius 1 is 1.04 bits per heavy atom. The van der Waals surface area contributed by atoms with Gasteiger partial charge in [-0.3, -0.25) is 9.48 Å². The van der Waals surface area contributed by atoms with Gasteiger partial charge in [0, 0.05) is 36.1 Å². The van der Waals surface area contributed by atoms with E-state index in [4.69, 9.17) is 0 Å². The van der Waals surface area contributed by atoms with Gasteiger partial charge in [-0.25, -0.2) is 0 Å². The molecule has 0 amide bonds. The zero-order valence-corrected chi connectivity index (χ0v) is 13.9. The number of nitrogens with zero attached hydrogens (tertiary/aromatic N) is 3. The van der Waals surface area contributed by atoms with Gasteiger partial charge in [-0.1, -0.05) is 30.3 Å². The van der Waals surface area contributed by atoms with E-state index in [0.29, 0.717) is 0 Å². The maximum atomic E-state index is 12.0. The average Bonchev–Trinajstić information content (AvgIpc) is 3.06. The van der Waals surface area contributed by atoms with Gasteiger partial charge < -0.3 is 4.57 Å². The highest BCUT2D eigenvalue weighted by Crippen LogP contribution is 2.25. The number of hydrogen-bond donors (Lipinski definition) is 0. The topological polar surface area (TPSA) is 39.8 Å². The van der Waals surface area contributed by atoms with E-state index in [1.54, 1.807) is 11.6 Å². The van der Waals surface area contributed by atoms with Crippen molar-refractivity contribution in [1.82, 2.24) is 14.3 Å². The Bertz CT molecular complexity index is 891. The maximum Gasteiger partial charge on any atom is 0.253 e. The first-order valence-electron chi connectivity index (χ1n) is 7.75. The molecule has 2 aromatic heterocycles. The molecule has 0 saturated carbocycles. The molecule has 0 aliphatic heterocycles. The van der Waals surface area contributed by atoms with Crippen molar-refractivity contribution < 1.29 is 0 Å². The summed E-state index contributed by atoms with van der Waals surface area (Å²) in [6.07, 6.45) is 5.80. The van der Waals surface area contributed by atoms with Crippen LogP contribution in [0.3, 0.4) is 0 Å². The maximum absolute atomic E-state index is 12.0. The lowest BCUT2D eigenvalue weighted by Gasteiger charge is -2.12. The molecule has 3 rings (SSSR count). The van der Waals surface area contributed by atoms with Crippen molar-refractivity contribution in [3.8, 4) is 11.1 Å². The van der Waals surface area contributed by atoms with Crippen LogP contribution in [-0.4, -0.2) is 14.3 Å². The summed E-state index contributed by atoms with van der Waals surface area (Å²) in [5.41, 5.74) is 5.15. The van der Waals surface area contributed by atoms with Crippen LogP contribution in [0.25, 0.3) is 11.1 Å². The molecule has 0 aliphatic carbocycles. The molecule has 3 aromatic rings. The predicted octanol–water partition coefficient (Wildman–Crippen LogP) is 3.47. The van der Waals surface area contributed by atoms with Crippen molar-refractivity contribution in [3.63, 3.8) is 0 Å². The summed E-state index contributed by atoms with van der Waals surface area (Å²) in [5, 5.41) is 4.52.